The maximum Gasteiger partial charge on any atom is 0.380 e. The van der Waals surface area contributed by atoms with E-state index in [2.05, 4.69) is 4.94 Å². The van der Waals surface area contributed by atoms with Gasteiger partial charge in [-0.3, -0.25) is 4.79 Å². The number of carbonyl (C=O) groups excluding carboxylic acids is 2. The van der Waals surface area contributed by atoms with Gasteiger partial charge in [0.1, 0.15) is 0 Å². The molecule has 1 amide bonds. The topological polar surface area (TPSA) is 69.4 Å². The molecule has 0 aliphatic rings. The zero-order valence-electron chi connectivity index (χ0n) is 6.49. The second-order valence-corrected chi connectivity index (χ2v) is 2.27. The van der Waals surface area contributed by atoms with Crippen molar-refractivity contribution >= 4 is 11.9 Å². The monoisotopic (exact) mass is 183 g/mol. The molecule has 0 aliphatic heterocycles. The van der Waals surface area contributed by atoms with Crippen molar-refractivity contribution in [3.63, 3.8) is 0 Å². The third-order valence-corrected chi connectivity index (χ3v) is 1.48. The SMILES string of the molecule is NC(=O)c1ccccc1C(=O)OF. The number of benzene rings is 1. The molecule has 0 saturated heterocycles. The van der Waals surface area contributed by atoms with Crippen molar-refractivity contribution < 1.29 is 19.1 Å². The van der Waals surface area contributed by atoms with E-state index in [4.69, 9.17) is 5.73 Å². The highest BCUT2D eigenvalue weighted by Gasteiger charge is 2.15. The van der Waals surface area contributed by atoms with Crippen LogP contribution in [0.1, 0.15) is 20.7 Å². The highest BCUT2D eigenvalue weighted by molar-refractivity contribution is 6.04. The molecule has 0 unspecified atom stereocenters. The minimum atomic E-state index is -1.23. The third-order valence-electron chi connectivity index (χ3n) is 1.48. The molecule has 1 aromatic rings. The Kier molecular flexibility index (Phi) is 2.59. The van der Waals surface area contributed by atoms with Crippen molar-refractivity contribution in [1.82, 2.24) is 0 Å². The van der Waals surface area contributed by atoms with E-state index < -0.39 is 11.9 Å². The van der Waals surface area contributed by atoms with E-state index in [0.29, 0.717) is 0 Å². The van der Waals surface area contributed by atoms with Gasteiger partial charge in [0.2, 0.25) is 5.91 Å². The van der Waals surface area contributed by atoms with Crippen LogP contribution in [0.5, 0.6) is 0 Å². The van der Waals surface area contributed by atoms with Crippen molar-refractivity contribution in [2.45, 2.75) is 0 Å². The summed E-state index contributed by atoms with van der Waals surface area (Å²) in [6.45, 7) is 0. The summed E-state index contributed by atoms with van der Waals surface area (Å²) >= 11 is 0. The molecule has 0 atom stereocenters. The molecule has 68 valence electrons. The van der Waals surface area contributed by atoms with Crippen LogP contribution in [-0.2, 0) is 4.94 Å². The van der Waals surface area contributed by atoms with Crippen LogP contribution in [0.15, 0.2) is 24.3 Å². The standard InChI is InChI=1S/C8H6FNO3/c9-13-8(12)6-4-2-1-3-5(6)7(10)11/h1-4H,(H2,10,11). The average Bonchev–Trinajstić information content (AvgIpc) is 2.16. The number of amides is 1. The minimum Gasteiger partial charge on any atom is -0.366 e. The van der Waals surface area contributed by atoms with E-state index in [1.807, 2.05) is 0 Å². The molecule has 0 radical (unpaired) electrons. The molecular formula is C8H6FNO3. The number of nitrogens with two attached hydrogens (primary N) is 1. The summed E-state index contributed by atoms with van der Waals surface area (Å²) < 4.78 is 11.5. The first kappa shape index (κ1) is 9.18. The minimum absolute atomic E-state index is 0.0647. The Morgan fingerprint density at radius 1 is 1.23 bits per heavy atom. The molecule has 0 heterocycles. The van der Waals surface area contributed by atoms with Crippen LogP contribution < -0.4 is 5.73 Å². The molecule has 0 spiro atoms. The molecule has 0 aliphatic carbocycles. The van der Waals surface area contributed by atoms with E-state index in [9.17, 15) is 14.1 Å². The lowest BCUT2D eigenvalue weighted by Gasteiger charge is -2.00. The molecule has 5 heteroatoms. The van der Waals surface area contributed by atoms with Gasteiger partial charge in [0.05, 0.1) is 11.1 Å². The highest BCUT2D eigenvalue weighted by Crippen LogP contribution is 2.09. The Balaban J connectivity index is 3.19. The fourth-order valence-electron chi connectivity index (χ4n) is 0.918. The molecule has 1 rings (SSSR count). The Bertz CT molecular complexity index is 351. The van der Waals surface area contributed by atoms with Gasteiger partial charge in [0.25, 0.3) is 0 Å². The summed E-state index contributed by atoms with van der Waals surface area (Å²) in [5.41, 5.74) is 4.69. The second kappa shape index (κ2) is 3.66. The summed E-state index contributed by atoms with van der Waals surface area (Å²) in [6, 6.07) is 5.55. The molecule has 0 fully saturated rings. The van der Waals surface area contributed by atoms with Crippen molar-refractivity contribution in [1.29, 1.82) is 0 Å². The van der Waals surface area contributed by atoms with E-state index in [1.165, 1.54) is 24.3 Å². The van der Waals surface area contributed by atoms with Crippen molar-refractivity contribution in [2.24, 2.45) is 5.73 Å². The molecule has 4 nitrogen and oxygen atoms in total. The fraction of sp³-hybridized carbons (Fsp3) is 0. The predicted molar refractivity (Wildman–Crippen MR) is 41.5 cm³/mol. The van der Waals surface area contributed by atoms with E-state index >= 15 is 0 Å². The van der Waals surface area contributed by atoms with Crippen LogP contribution >= 0.6 is 0 Å². The van der Waals surface area contributed by atoms with Gasteiger partial charge in [-0.1, -0.05) is 12.1 Å². The lowest BCUT2D eigenvalue weighted by molar-refractivity contribution is -0.0788. The first-order valence-corrected chi connectivity index (χ1v) is 3.38. The molecule has 13 heavy (non-hydrogen) atoms. The van der Waals surface area contributed by atoms with Crippen LogP contribution in [0.25, 0.3) is 0 Å². The zero-order valence-corrected chi connectivity index (χ0v) is 6.49. The maximum atomic E-state index is 11.5. The first-order chi connectivity index (χ1) is 6.16. The number of rotatable bonds is 2. The molecule has 1 aromatic carbocycles. The number of hydrogen-bond donors (Lipinski definition) is 1. The Labute approximate surface area is 73.0 Å². The Morgan fingerprint density at radius 3 is 2.23 bits per heavy atom. The van der Waals surface area contributed by atoms with Crippen LogP contribution in [-0.4, -0.2) is 11.9 Å². The number of hydrogen-bond acceptors (Lipinski definition) is 3. The first-order valence-electron chi connectivity index (χ1n) is 3.38. The van der Waals surface area contributed by atoms with Gasteiger partial charge in [-0.15, -0.1) is 0 Å². The van der Waals surface area contributed by atoms with Gasteiger partial charge in [-0.05, 0) is 12.1 Å². The highest BCUT2D eigenvalue weighted by atomic mass is 19.3. The van der Waals surface area contributed by atoms with Crippen molar-refractivity contribution in [2.75, 3.05) is 0 Å². The summed E-state index contributed by atoms with van der Waals surface area (Å²) in [5, 5.41) is 0. The lowest BCUT2D eigenvalue weighted by atomic mass is 10.1. The number of primary amides is 1. The predicted octanol–water partition coefficient (Wildman–Crippen LogP) is 0.827. The van der Waals surface area contributed by atoms with Crippen LogP contribution in [0.4, 0.5) is 4.53 Å². The normalized spacial score (nSPS) is 9.31. The largest absolute Gasteiger partial charge is 0.380 e. The Morgan fingerprint density at radius 2 is 1.77 bits per heavy atom. The lowest BCUT2D eigenvalue weighted by Crippen LogP contribution is -2.16. The van der Waals surface area contributed by atoms with Gasteiger partial charge >= 0.3 is 5.97 Å². The molecule has 0 bridgehead atoms. The molecule has 0 saturated carbocycles. The van der Waals surface area contributed by atoms with Gasteiger partial charge in [-0.25, -0.2) is 9.74 Å². The average molecular weight is 183 g/mol. The van der Waals surface area contributed by atoms with Crippen LogP contribution in [0.3, 0.4) is 0 Å². The summed E-state index contributed by atoms with van der Waals surface area (Å²) in [6.07, 6.45) is 0. The summed E-state index contributed by atoms with van der Waals surface area (Å²) in [4.78, 5) is 24.4. The summed E-state index contributed by atoms with van der Waals surface area (Å²) in [7, 11) is 0. The Hall–Kier alpha value is -1.91. The van der Waals surface area contributed by atoms with Gasteiger partial charge in [0, 0.05) is 4.53 Å². The quantitative estimate of drug-likeness (QED) is 0.738. The van der Waals surface area contributed by atoms with E-state index in [0.717, 1.165) is 0 Å². The van der Waals surface area contributed by atoms with Gasteiger partial charge in [0.15, 0.2) is 0 Å². The second-order valence-electron chi connectivity index (χ2n) is 2.27. The third kappa shape index (κ3) is 1.81. The van der Waals surface area contributed by atoms with E-state index in [1.54, 1.807) is 0 Å². The van der Waals surface area contributed by atoms with Crippen molar-refractivity contribution in [3.8, 4) is 0 Å². The maximum absolute atomic E-state index is 11.5. The number of halogens is 1. The van der Waals surface area contributed by atoms with E-state index in [-0.39, 0.29) is 11.1 Å². The molecular weight excluding hydrogens is 177 g/mol. The van der Waals surface area contributed by atoms with Crippen LogP contribution in [0, 0.1) is 0 Å². The molecule has 2 N–H and O–H groups in total. The zero-order chi connectivity index (χ0) is 9.84. The number of carbonyl (C=O) groups is 2. The fourth-order valence-corrected chi connectivity index (χ4v) is 0.918. The summed E-state index contributed by atoms with van der Waals surface area (Å²) in [5.74, 6) is -2.03. The van der Waals surface area contributed by atoms with Crippen LogP contribution in [0.2, 0.25) is 0 Å². The van der Waals surface area contributed by atoms with Gasteiger partial charge < -0.3 is 5.73 Å². The van der Waals surface area contributed by atoms with Crippen molar-refractivity contribution in [3.05, 3.63) is 35.4 Å². The van der Waals surface area contributed by atoms with Gasteiger partial charge in [-0.2, -0.15) is 0 Å². The smallest absolute Gasteiger partial charge is 0.366 e. The molecule has 0 aromatic heterocycles.